The Kier molecular flexibility index (Phi) is 5.55. The molecule has 1 aromatic rings. The standard InChI is InChI=1S/C16H24FNO/c1-12(2)8-9-19-15-7-6-13(10-14(15)17)11-18-16(3,4)5/h6-8,10,18H,9,11H2,1-5H3. The molecule has 0 fully saturated rings. The quantitative estimate of drug-likeness (QED) is 0.811. The fourth-order valence-corrected chi connectivity index (χ4v) is 1.44. The van der Waals surface area contributed by atoms with Crippen LogP contribution in [0.4, 0.5) is 4.39 Å². The molecule has 1 rings (SSSR count). The second kappa shape index (κ2) is 6.71. The number of nitrogens with one attached hydrogen (secondary N) is 1. The molecule has 0 bridgehead atoms. The Bertz CT molecular complexity index is 443. The molecule has 19 heavy (non-hydrogen) atoms. The molecule has 0 atom stereocenters. The molecule has 0 spiro atoms. The van der Waals surface area contributed by atoms with Crippen LogP contribution in [0.5, 0.6) is 5.75 Å². The highest BCUT2D eigenvalue weighted by Crippen LogP contribution is 2.19. The fraction of sp³-hybridized carbons (Fsp3) is 0.500. The van der Waals surface area contributed by atoms with Crippen molar-refractivity contribution < 1.29 is 9.13 Å². The van der Waals surface area contributed by atoms with E-state index in [1.165, 1.54) is 6.07 Å². The lowest BCUT2D eigenvalue weighted by atomic mass is 10.1. The Morgan fingerprint density at radius 1 is 1.32 bits per heavy atom. The average Bonchev–Trinajstić information content (AvgIpc) is 2.27. The maximum absolute atomic E-state index is 13.8. The van der Waals surface area contributed by atoms with Crippen molar-refractivity contribution in [3.8, 4) is 5.75 Å². The van der Waals surface area contributed by atoms with Gasteiger partial charge in [-0.05, 0) is 58.4 Å². The molecule has 1 aromatic carbocycles. The Morgan fingerprint density at radius 3 is 2.53 bits per heavy atom. The molecule has 0 saturated heterocycles. The summed E-state index contributed by atoms with van der Waals surface area (Å²) < 4.78 is 19.2. The molecule has 0 saturated carbocycles. The number of ether oxygens (including phenoxy) is 1. The van der Waals surface area contributed by atoms with Crippen LogP contribution in [0, 0.1) is 5.82 Å². The van der Waals surface area contributed by atoms with Crippen LogP contribution in [0.2, 0.25) is 0 Å². The Balaban J connectivity index is 2.61. The third-order valence-corrected chi connectivity index (χ3v) is 2.55. The van der Waals surface area contributed by atoms with Crippen molar-refractivity contribution in [1.82, 2.24) is 5.32 Å². The number of hydrogen-bond donors (Lipinski definition) is 1. The zero-order chi connectivity index (χ0) is 14.5. The van der Waals surface area contributed by atoms with Gasteiger partial charge < -0.3 is 10.1 Å². The molecule has 0 unspecified atom stereocenters. The first-order chi connectivity index (χ1) is 8.78. The van der Waals surface area contributed by atoms with Gasteiger partial charge in [-0.25, -0.2) is 4.39 Å². The van der Waals surface area contributed by atoms with Gasteiger partial charge >= 0.3 is 0 Å². The topological polar surface area (TPSA) is 21.3 Å². The first-order valence-electron chi connectivity index (χ1n) is 6.57. The zero-order valence-corrected chi connectivity index (χ0v) is 12.5. The maximum atomic E-state index is 13.8. The van der Waals surface area contributed by atoms with Crippen LogP contribution < -0.4 is 10.1 Å². The van der Waals surface area contributed by atoms with E-state index in [2.05, 4.69) is 26.1 Å². The lowest BCUT2D eigenvalue weighted by Crippen LogP contribution is -2.35. The van der Waals surface area contributed by atoms with Crippen LogP contribution >= 0.6 is 0 Å². The van der Waals surface area contributed by atoms with Gasteiger partial charge in [0.15, 0.2) is 11.6 Å². The van der Waals surface area contributed by atoms with Crippen molar-refractivity contribution in [1.29, 1.82) is 0 Å². The van der Waals surface area contributed by atoms with E-state index in [0.29, 0.717) is 18.9 Å². The Hall–Kier alpha value is -1.35. The molecular weight excluding hydrogens is 241 g/mol. The average molecular weight is 265 g/mol. The minimum absolute atomic E-state index is 0.0229. The van der Waals surface area contributed by atoms with Crippen molar-refractivity contribution in [2.45, 2.75) is 46.7 Å². The molecule has 106 valence electrons. The van der Waals surface area contributed by atoms with Crippen molar-refractivity contribution in [2.75, 3.05) is 6.61 Å². The summed E-state index contributed by atoms with van der Waals surface area (Å²) in [6, 6.07) is 5.10. The van der Waals surface area contributed by atoms with E-state index in [1.807, 2.05) is 26.0 Å². The molecule has 0 aliphatic heterocycles. The van der Waals surface area contributed by atoms with E-state index < -0.39 is 0 Å². The first-order valence-corrected chi connectivity index (χ1v) is 6.57. The van der Waals surface area contributed by atoms with Gasteiger partial charge in [0.25, 0.3) is 0 Å². The molecule has 1 N–H and O–H groups in total. The molecule has 2 nitrogen and oxygen atoms in total. The highest BCUT2D eigenvalue weighted by atomic mass is 19.1. The predicted octanol–water partition coefficient (Wildman–Crippen LogP) is 4.06. The molecule has 0 amide bonds. The summed E-state index contributed by atoms with van der Waals surface area (Å²) in [5, 5.41) is 3.33. The highest BCUT2D eigenvalue weighted by Gasteiger charge is 2.10. The second-order valence-electron chi connectivity index (χ2n) is 5.96. The number of hydrogen-bond acceptors (Lipinski definition) is 2. The van der Waals surface area contributed by atoms with Crippen LogP contribution in [0.1, 0.15) is 40.2 Å². The summed E-state index contributed by atoms with van der Waals surface area (Å²) >= 11 is 0. The first kappa shape index (κ1) is 15.7. The van der Waals surface area contributed by atoms with Crippen LogP contribution in [0.15, 0.2) is 29.8 Å². The summed E-state index contributed by atoms with van der Waals surface area (Å²) in [5.41, 5.74) is 2.10. The van der Waals surface area contributed by atoms with Gasteiger partial charge in [0.1, 0.15) is 6.61 Å². The summed E-state index contributed by atoms with van der Waals surface area (Å²) in [4.78, 5) is 0. The summed E-state index contributed by atoms with van der Waals surface area (Å²) in [5.74, 6) is -0.00706. The van der Waals surface area contributed by atoms with Gasteiger partial charge in [0.2, 0.25) is 0 Å². The molecule has 0 aromatic heterocycles. The Labute approximate surface area is 115 Å². The molecular formula is C16H24FNO. The van der Waals surface area contributed by atoms with Gasteiger partial charge in [-0.2, -0.15) is 0 Å². The van der Waals surface area contributed by atoms with E-state index >= 15 is 0 Å². The van der Waals surface area contributed by atoms with Gasteiger partial charge in [-0.1, -0.05) is 11.6 Å². The monoisotopic (exact) mass is 265 g/mol. The minimum Gasteiger partial charge on any atom is -0.486 e. The Morgan fingerprint density at radius 2 is 2.00 bits per heavy atom. The summed E-state index contributed by atoms with van der Waals surface area (Å²) in [7, 11) is 0. The third kappa shape index (κ3) is 6.39. The van der Waals surface area contributed by atoms with Crippen LogP contribution in [-0.2, 0) is 6.54 Å². The largest absolute Gasteiger partial charge is 0.486 e. The third-order valence-electron chi connectivity index (χ3n) is 2.55. The van der Waals surface area contributed by atoms with Crippen molar-refractivity contribution in [3.63, 3.8) is 0 Å². The number of benzene rings is 1. The number of allylic oxidation sites excluding steroid dienone is 1. The van der Waals surface area contributed by atoms with Crippen molar-refractivity contribution in [3.05, 3.63) is 41.2 Å². The minimum atomic E-state index is -0.310. The molecule has 0 aliphatic rings. The SMILES string of the molecule is CC(C)=CCOc1ccc(CNC(C)(C)C)cc1F. The van der Waals surface area contributed by atoms with Gasteiger partial charge in [0.05, 0.1) is 0 Å². The normalized spacial score (nSPS) is 11.3. The molecule has 3 heteroatoms. The lowest BCUT2D eigenvalue weighted by Gasteiger charge is -2.20. The maximum Gasteiger partial charge on any atom is 0.165 e. The van der Waals surface area contributed by atoms with E-state index in [-0.39, 0.29) is 11.4 Å². The highest BCUT2D eigenvalue weighted by molar-refractivity contribution is 5.29. The van der Waals surface area contributed by atoms with Crippen molar-refractivity contribution >= 4 is 0 Å². The molecule has 0 aliphatic carbocycles. The van der Waals surface area contributed by atoms with Crippen LogP contribution in [0.3, 0.4) is 0 Å². The van der Waals surface area contributed by atoms with Crippen LogP contribution in [0.25, 0.3) is 0 Å². The van der Waals surface area contributed by atoms with E-state index in [4.69, 9.17) is 4.74 Å². The number of halogens is 1. The van der Waals surface area contributed by atoms with Gasteiger partial charge in [-0.15, -0.1) is 0 Å². The van der Waals surface area contributed by atoms with E-state index in [9.17, 15) is 4.39 Å². The lowest BCUT2D eigenvalue weighted by molar-refractivity contribution is 0.340. The second-order valence-corrected chi connectivity index (χ2v) is 5.96. The van der Waals surface area contributed by atoms with Crippen molar-refractivity contribution in [2.24, 2.45) is 0 Å². The summed E-state index contributed by atoms with van der Waals surface area (Å²) in [6.45, 7) is 11.3. The van der Waals surface area contributed by atoms with Gasteiger partial charge in [-0.3, -0.25) is 0 Å². The van der Waals surface area contributed by atoms with Gasteiger partial charge in [0, 0.05) is 12.1 Å². The fourth-order valence-electron chi connectivity index (χ4n) is 1.44. The molecule has 0 heterocycles. The summed E-state index contributed by atoms with van der Waals surface area (Å²) in [6.07, 6.45) is 1.93. The van der Waals surface area contributed by atoms with E-state index in [0.717, 1.165) is 11.1 Å². The smallest absolute Gasteiger partial charge is 0.165 e. The molecule has 0 radical (unpaired) electrons. The van der Waals surface area contributed by atoms with Crippen LogP contribution in [-0.4, -0.2) is 12.1 Å². The number of rotatable bonds is 5. The predicted molar refractivity (Wildman–Crippen MR) is 77.9 cm³/mol. The zero-order valence-electron chi connectivity index (χ0n) is 12.5. The van der Waals surface area contributed by atoms with E-state index in [1.54, 1.807) is 6.07 Å².